The van der Waals surface area contributed by atoms with Crippen LogP contribution in [0.4, 0.5) is 0 Å². The van der Waals surface area contributed by atoms with Crippen LogP contribution >= 0.6 is 11.3 Å². The number of para-hydroxylation sites is 1. The zero-order valence-corrected chi connectivity index (χ0v) is 12.1. The van der Waals surface area contributed by atoms with E-state index in [0.717, 1.165) is 23.4 Å². The van der Waals surface area contributed by atoms with E-state index < -0.39 is 5.60 Å². The lowest BCUT2D eigenvalue weighted by molar-refractivity contribution is -0.139. The number of aromatic nitrogens is 1. The summed E-state index contributed by atoms with van der Waals surface area (Å²) >= 11 is 1.66. The number of carbonyl (C=O) groups excluding carboxylic acids is 1. The fraction of sp³-hybridized carbons (Fsp3) is 0.467. The first-order valence-electron chi connectivity index (χ1n) is 7.02. The summed E-state index contributed by atoms with van der Waals surface area (Å²) in [5.74, 6) is -0.226. The van der Waals surface area contributed by atoms with Crippen molar-refractivity contribution in [2.45, 2.75) is 37.7 Å². The van der Waals surface area contributed by atoms with Gasteiger partial charge in [-0.3, -0.25) is 4.79 Å². The molecule has 0 unspecified atom stereocenters. The third-order valence-corrected chi connectivity index (χ3v) is 4.91. The minimum absolute atomic E-state index is 0.226. The standard InChI is InChI=1S/C15H18N2O2S/c18-14(15(19)8-3-4-9-15)16-10-7-13-17-11-5-1-2-6-12(11)20-13/h1-2,5-6,19H,3-4,7-10H2,(H,16,18). The van der Waals surface area contributed by atoms with Crippen LogP contribution < -0.4 is 5.32 Å². The topological polar surface area (TPSA) is 62.2 Å². The SMILES string of the molecule is O=C(NCCc1nc2ccccc2s1)C1(O)CCCC1. The first kappa shape index (κ1) is 13.5. The van der Waals surface area contributed by atoms with Gasteiger partial charge in [0.15, 0.2) is 0 Å². The summed E-state index contributed by atoms with van der Waals surface area (Å²) in [4.78, 5) is 16.5. The molecule has 4 nitrogen and oxygen atoms in total. The summed E-state index contributed by atoms with van der Waals surface area (Å²) in [6, 6.07) is 8.02. The molecule has 1 saturated carbocycles. The number of hydrogen-bond acceptors (Lipinski definition) is 4. The Hall–Kier alpha value is -1.46. The van der Waals surface area contributed by atoms with Gasteiger partial charge < -0.3 is 10.4 Å². The number of amides is 1. The van der Waals surface area contributed by atoms with Crippen LogP contribution in [0.2, 0.25) is 0 Å². The van der Waals surface area contributed by atoms with E-state index in [1.807, 2.05) is 18.2 Å². The third kappa shape index (κ3) is 2.69. The van der Waals surface area contributed by atoms with E-state index in [1.54, 1.807) is 11.3 Å². The van der Waals surface area contributed by atoms with Gasteiger partial charge in [-0.05, 0) is 37.8 Å². The second-order valence-corrected chi connectivity index (χ2v) is 6.44. The maximum absolute atomic E-state index is 12.0. The zero-order valence-electron chi connectivity index (χ0n) is 11.3. The van der Waals surface area contributed by atoms with Gasteiger partial charge in [-0.15, -0.1) is 11.3 Å². The number of carbonyl (C=O) groups is 1. The number of benzene rings is 1. The summed E-state index contributed by atoms with van der Waals surface area (Å²) in [6.45, 7) is 0.529. The van der Waals surface area contributed by atoms with Crippen molar-refractivity contribution in [1.82, 2.24) is 10.3 Å². The van der Waals surface area contributed by atoms with Crippen molar-refractivity contribution in [2.75, 3.05) is 6.54 Å². The monoisotopic (exact) mass is 290 g/mol. The second kappa shape index (κ2) is 5.50. The third-order valence-electron chi connectivity index (χ3n) is 3.82. The Labute approximate surface area is 121 Å². The number of nitrogens with zero attached hydrogens (tertiary/aromatic N) is 1. The lowest BCUT2D eigenvalue weighted by atomic mass is 10.0. The summed E-state index contributed by atoms with van der Waals surface area (Å²) in [5, 5.41) is 14.0. The first-order chi connectivity index (χ1) is 9.67. The van der Waals surface area contributed by atoms with E-state index in [9.17, 15) is 9.90 Å². The fourth-order valence-corrected chi connectivity index (χ4v) is 3.63. The van der Waals surface area contributed by atoms with Crippen molar-refractivity contribution in [3.05, 3.63) is 29.3 Å². The Balaban J connectivity index is 1.56. The molecule has 1 aromatic heterocycles. The summed E-state index contributed by atoms with van der Waals surface area (Å²) in [6.07, 6.45) is 3.74. The average Bonchev–Trinajstić information content (AvgIpc) is 3.05. The molecule has 20 heavy (non-hydrogen) atoms. The number of thiazole rings is 1. The van der Waals surface area contributed by atoms with Gasteiger partial charge in [0.05, 0.1) is 15.2 Å². The average molecular weight is 290 g/mol. The molecule has 1 amide bonds. The van der Waals surface area contributed by atoms with E-state index in [1.165, 1.54) is 4.70 Å². The molecule has 0 aliphatic heterocycles. The minimum atomic E-state index is -1.13. The molecule has 1 aromatic carbocycles. The van der Waals surface area contributed by atoms with Crippen molar-refractivity contribution in [1.29, 1.82) is 0 Å². The predicted octanol–water partition coefficient (Wildman–Crippen LogP) is 2.26. The van der Waals surface area contributed by atoms with Gasteiger partial charge in [-0.1, -0.05) is 12.1 Å². The Morgan fingerprint density at radius 3 is 2.85 bits per heavy atom. The fourth-order valence-electron chi connectivity index (χ4n) is 2.66. The molecule has 1 aliphatic carbocycles. The molecular weight excluding hydrogens is 272 g/mol. The largest absolute Gasteiger partial charge is 0.380 e. The Morgan fingerprint density at radius 1 is 1.35 bits per heavy atom. The Morgan fingerprint density at radius 2 is 2.10 bits per heavy atom. The molecule has 0 saturated heterocycles. The summed E-state index contributed by atoms with van der Waals surface area (Å²) in [5.41, 5.74) is -0.124. The normalized spacial score (nSPS) is 17.4. The molecule has 3 rings (SSSR count). The van der Waals surface area contributed by atoms with Crippen LogP contribution in [0.3, 0.4) is 0 Å². The molecule has 0 atom stereocenters. The minimum Gasteiger partial charge on any atom is -0.380 e. The van der Waals surface area contributed by atoms with Crippen LogP contribution in [0.25, 0.3) is 10.2 Å². The van der Waals surface area contributed by atoms with Crippen molar-refractivity contribution in [3.8, 4) is 0 Å². The molecular formula is C15H18N2O2S. The van der Waals surface area contributed by atoms with Gasteiger partial charge in [-0.2, -0.15) is 0 Å². The molecule has 0 spiro atoms. The van der Waals surface area contributed by atoms with Gasteiger partial charge in [-0.25, -0.2) is 4.98 Å². The van der Waals surface area contributed by atoms with Gasteiger partial charge in [0.25, 0.3) is 5.91 Å². The molecule has 0 radical (unpaired) electrons. The molecule has 1 fully saturated rings. The van der Waals surface area contributed by atoms with Gasteiger partial charge >= 0.3 is 0 Å². The summed E-state index contributed by atoms with van der Waals surface area (Å²) < 4.78 is 1.17. The zero-order chi connectivity index (χ0) is 14.0. The smallest absolute Gasteiger partial charge is 0.251 e. The number of nitrogens with one attached hydrogen (secondary N) is 1. The number of rotatable bonds is 4. The van der Waals surface area contributed by atoms with E-state index in [2.05, 4.69) is 16.4 Å². The number of fused-ring (bicyclic) bond motifs is 1. The van der Waals surface area contributed by atoms with Crippen molar-refractivity contribution in [2.24, 2.45) is 0 Å². The molecule has 2 aromatic rings. The van der Waals surface area contributed by atoms with Crippen LogP contribution in [-0.4, -0.2) is 28.1 Å². The van der Waals surface area contributed by atoms with Crippen molar-refractivity contribution in [3.63, 3.8) is 0 Å². The van der Waals surface area contributed by atoms with E-state index in [-0.39, 0.29) is 5.91 Å². The van der Waals surface area contributed by atoms with Crippen LogP contribution in [-0.2, 0) is 11.2 Å². The van der Waals surface area contributed by atoms with Crippen molar-refractivity contribution < 1.29 is 9.90 Å². The van der Waals surface area contributed by atoms with Gasteiger partial charge in [0, 0.05) is 13.0 Å². The van der Waals surface area contributed by atoms with Crippen LogP contribution in [0, 0.1) is 0 Å². The summed E-state index contributed by atoms with van der Waals surface area (Å²) in [7, 11) is 0. The Bertz CT molecular complexity index is 584. The lowest BCUT2D eigenvalue weighted by Crippen LogP contribution is -2.45. The highest BCUT2D eigenvalue weighted by Gasteiger charge is 2.38. The van der Waals surface area contributed by atoms with E-state index >= 15 is 0 Å². The van der Waals surface area contributed by atoms with Crippen molar-refractivity contribution >= 4 is 27.5 Å². The second-order valence-electron chi connectivity index (χ2n) is 5.32. The number of aliphatic hydroxyl groups is 1. The highest BCUT2D eigenvalue weighted by molar-refractivity contribution is 7.18. The van der Waals surface area contributed by atoms with Gasteiger partial charge in [0.1, 0.15) is 5.60 Å². The quantitative estimate of drug-likeness (QED) is 0.908. The Kier molecular flexibility index (Phi) is 3.72. The highest BCUT2D eigenvalue weighted by atomic mass is 32.1. The van der Waals surface area contributed by atoms with Crippen LogP contribution in [0.1, 0.15) is 30.7 Å². The maximum Gasteiger partial charge on any atom is 0.251 e. The molecule has 2 N–H and O–H groups in total. The molecule has 1 aliphatic rings. The molecule has 0 bridgehead atoms. The van der Waals surface area contributed by atoms with E-state index in [0.29, 0.717) is 25.8 Å². The van der Waals surface area contributed by atoms with E-state index in [4.69, 9.17) is 0 Å². The van der Waals surface area contributed by atoms with Crippen LogP contribution in [0.5, 0.6) is 0 Å². The molecule has 106 valence electrons. The highest BCUT2D eigenvalue weighted by Crippen LogP contribution is 2.29. The maximum atomic E-state index is 12.0. The number of hydrogen-bond donors (Lipinski definition) is 2. The van der Waals surface area contributed by atoms with Crippen LogP contribution in [0.15, 0.2) is 24.3 Å². The molecule has 1 heterocycles. The predicted molar refractivity (Wildman–Crippen MR) is 79.8 cm³/mol. The lowest BCUT2D eigenvalue weighted by Gasteiger charge is -2.20. The molecule has 5 heteroatoms. The first-order valence-corrected chi connectivity index (χ1v) is 7.84. The van der Waals surface area contributed by atoms with Gasteiger partial charge in [0.2, 0.25) is 0 Å².